The zero-order valence-electron chi connectivity index (χ0n) is 16.8. The summed E-state index contributed by atoms with van der Waals surface area (Å²) in [7, 11) is 0. The van der Waals surface area contributed by atoms with Gasteiger partial charge in [0.05, 0.1) is 0 Å². The number of carboxylic acids is 1. The first-order valence-electron chi connectivity index (χ1n) is 8.72. The van der Waals surface area contributed by atoms with E-state index in [9.17, 15) is 22.8 Å². The highest BCUT2D eigenvalue weighted by molar-refractivity contribution is 8.14. The van der Waals surface area contributed by atoms with Gasteiger partial charge in [-0.1, -0.05) is 11.8 Å². The lowest BCUT2D eigenvalue weighted by atomic mass is 10.1. The number of halogens is 3. The topological polar surface area (TPSA) is 123 Å². The minimum atomic E-state index is -5.08. The average Bonchev–Trinajstić information content (AvgIpc) is 3.03. The second-order valence-electron chi connectivity index (χ2n) is 7.11. The number of carbonyl (C=O) groups excluding carboxylic acids is 2. The zero-order chi connectivity index (χ0) is 23.1. The molecule has 2 heterocycles. The second-order valence-corrected chi connectivity index (χ2v) is 8.49. The van der Waals surface area contributed by atoms with Crippen molar-refractivity contribution in [1.29, 1.82) is 0 Å². The lowest BCUT2D eigenvalue weighted by Gasteiger charge is -2.24. The number of aliphatic carboxylic acids is 1. The molecule has 2 N–H and O–H groups in total. The molecule has 13 heteroatoms. The Kier molecular flexibility index (Phi) is 9.03. The summed E-state index contributed by atoms with van der Waals surface area (Å²) >= 11 is 1.32. The molecule has 1 saturated heterocycles. The Hall–Kier alpha value is -2.41. The number of nitrogens with one attached hydrogen (secondary N) is 1. The Morgan fingerprint density at radius 2 is 1.93 bits per heavy atom. The van der Waals surface area contributed by atoms with E-state index in [1.165, 1.54) is 18.1 Å². The Balaban J connectivity index is 0.000000553. The van der Waals surface area contributed by atoms with Crippen LogP contribution in [0.5, 0.6) is 0 Å². The lowest BCUT2D eigenvalue weighted by molar-refractivity contribution is -0.192. The van der Waals surface area contributed by atoms with Gasteiger partial charge in [0.25, 0.3) is 0 Å². The molecule has 1 aromatic heterocycles. The fraction of sp³-hybridized carbons (Fsp3) is 0.588. The Morgan fingerprint density at radius 3 is 2.43 bits per heavy atom. The molecule has 1 aromatic rings. The number of nitrogens with zero attached hydrogens (tertiary/aromatic N) is 3. The van der Waals surface area contributed by atoms with E-state index in [1.54, 1.807) is 27.7 Å². The van der Waals surface area contributed by atoms with Crippen molar-refractivity contribution in [3.8, 4) is 0 Å². The van der Waals surface area contributed by atoms with Gasteiger partial charge in [0, 0.05) is 18.7 Å². The van der Waals surface area contributed by atoms with Crippen LogP contribution in [0.4, 0.5) is 18.0 Å². The predicted molar refractivity (Wildman–Crippen MR) is 103 cm³/mol. The molecule has 0 aliphatic carbocycles. The molecule has 1 unspecified atom stereocenters. The summed E-state index contributed by atoms with van der Waals surface area (Å²) < 4.78 is 38.1. The Morgan fingerprint density at radius 1 is 1.33 bits per heavy atom. The zero-order valence-corrected chi connectivity index (χ0v) is 17.6. The molecule has 30 heavy (non-hydrogen) atoms. The van der Waals surface area contributed by atoms with Crippen molar-refractivity contribution in [2.75, 3.05) is 13.1 Å². The van der Waals surface area contributed by atoms with Crippen molar-refractivity contribution in [3.63, 3.8) is 0 Å². The summed E-state index contributed by atoms with van der Waals surface area (Å²) in [5.74, 6) is -2.32. The van der Waals surface area contributed by atoms with Gasteiger partial charge in [-0.15, -0.1) is 5.10 Å². The summed E-state index contributed by atoms with van der Waals surface area (Å²) in [4.78, 5) is 36.3. The molecule has 0 saturated carbocycles. The summed E-state index contributed by atoms with van der Waals surface area (Å²) in [6.07, 6.45) is -1.61. The maximum absolute atomic E-state index is 11.9. The van der Waals surface area contributed by atoms with Crippen LogP contribution in [0.3, 0.4) is 0 Å². The van der Waals surface area contributed by atoms with Crippen molar-refractivity contribution >= 4 is 35.0 Å². The maximum atomic E-state index is 11.9. The highest BCUT2D eigenvalue weighted by atomic mass is 32.2. The number of hydrogen-bond donors (Lipinski definition) is 2. The Labute approximate surface area is 175 Å². The van der Waals surface area contributed by atoms with E-state index in [1.807, 2.05) is 6.08 Å². The van der Waals surface area contributed by atoms with Crippen molar-refractivity contribution in [1.82, 2.24) is 20.1 Å². The van der Waals surface area contributed by atoms with E-state index in [0.29, 0.717) is 12.4 Å². The third-order valence-corrected chi connectivity index (χ3v) is 4.44. The second kappa shape index (κ2) is 10.6. The molecule has 0 bridgehead atoms. The van der Waals surface area contributed by atoms with E-state index >= 15 is 0 Å². The van der Waals surface area contributed by atoms with Crippen LogP contribution in [-0.2, 0) is 14.3 Å². The number of carboxylic acid groups (broad SMARTS) is 1. The first-order valence-corrected chi connectivity index (χ1v) is 9.60. The van der Waals surface area contributed by atoms with Crippen LogP contribution in [0, 0.1) is 0 Å². The van der Waals surface area contributed by atoms with Gasteiger partial charge in [-0.2, -0.15) is 17.9 Å². The molecular weight excluding hydrogens is 429 g/mol. The van der Waals surface area contributed by atoms with E-state index in [4.69, 9.17) is 14.6 Å². The summed E-state index contributed by atoms with van der Waals surface area (Å²) in [6.45, 7) is 8.51. The van der Waals surface area contributed by atoms with Crippen LogP contribution in [0.2, 0.25) is 0 Å². The molecule has 1 aliphatic rings. The first-order chi connectivity index (χ1) is 13.7. The number of ether oxygens (including phenoxy) is 1. The van der Waals surface area contributed by atoms with Crippen LogP contribution in [0.25, 0.3) is 6.08 Å². The van der Waals surface area contributed by atoms with Crippen molar-refractivity contribution < 1.29 is 37.4 Å². The van der Waals surface area contributed by atoms with Crippen LogP contribution < -0.4 is 5.32 Å². The molecule has 0 aromatic carbocycles. The number of hydrogen-bond acceptors (Lipinski definition) is 8. The van der Waals surface area contributed by atoms with Crippen LogP contribution in [0.15, 0.2) is 11.9 Å². The standard InChI is InChI=1S/C15H22N4O3S.C2HF3O2/c1-10(20)23-12-5-6-16-8-11(12)7-13-17-9-19(18-13)14(21)22-15(2,3)4;3-2(4,5)1(6)7/h7,9,12,16H,5-6,8H2,1-4H3;(H,6,7). The smallest absolute Gasteiger partial charge is 0.475 e. The number of piperidine rings is 1. The Bertz CT molecular complexity index is 802. The lowest BCUT2D eigenvalue weighted by Crippen LogP contribution is -2.32. The molecule has 1 fully saturated rings. The number of rotatable bonds is 2. The normalized spacial score (nSPS) is 18.4. The minimum Gasteiger partial charge on any atom is -0.475 e. The molecule has 0 spiro atoms. The van der Waals surface area contributed by atoms with Gasteiger partial charge in [-0.05, 0) is 45.4 Å². The van der Waals surface area contributed by atoms with Gasteiger partial charge in [-0.3, -0.25) is 4.79 Å². The van der Waals surface area contributed by atoms with Gasteiger partial charge >= 0.3 is 18.2 Å². The fourth-order valence-electron chi connectivity index (χ4n) is 2.15. The van der Waals surface area contributed by atoms with Crippen LogP contribution in [0.1, 0.15) is 39.9 Å². The quantitative estimate of drug-likeness (QED) is 0.697. The van der Waals surface area contributed by atoms with E-state index in [0.717, 1.165) is 23.2 Å². The highest BCUT2D eigenvalue weighted by Gasteiger charge is 2.38. The van der Waals surface area contributed by atoms with Crippen LogP contribution in [-0.4, -0.2) is 67.2 Å². The van der Waals surface area contributed by atoms with Gasteiger partial charge in [0.15, 0.2) is 10.9 Å². The number of alkyl halides is 3. The monoisotopic (exact) mass is 452 g/mol. The fourth-order valence-corrected chi connectivity index (χ4v) is 3.09. The molecular formula is C17H23F3N4O5S. The summed E-state index contributed by atoms with van der Waals surface area (Å²) in [5, 5.41) is 14.8. The molecule has 9 nitrogen and oxygen atoms in total. The highest BCUT2D eigenvalue weighted by Crippen LogP contribution is 2.26. The van der Waals surface area contributed by atoms with Crippen molar-refractivity contribution in [2.45, 2.75) is 51.1 Å². The molecule has 1 atom stereocenters. The van der Waals surface area contributed by atoms with Crippen molar-refractivity contribution in [3.05, 3.63) is 17.7 Å². The largest absolute Gasteiger partial charge is 0.490 e. The minimum absolute atomic E-state index is 0.0926. The van der Waals surface area contributed by atoms with E-state index < -0.39 is 23.8 Å². The predicted octanol–water partition coefficient (Wildman–Crippen LogP) is 2.72. The SMILES string of the molecule is CC(=O)SC1CCNCC1=Cc1ncn(C(=O)OC(C)(C)C)n1.O=C(O)C(F)(F)F. The maximum Gasteiger partial charge on any atom is 0.490 e. The van der Waals surface area contributed by atoms with Crippen LogP contribution >= 0.6 is 11.8 Å². The van der Waals surface area contributed by atoms with Crippen molar-refractivity contribution in [2.24, 2.45) is 0 Å². The molecule has 1 aliphatic heterocycles. The molecule has 168 valence electrons. The van der Waals surface area contributed by atoms with Gasteiger partial charge in [0.1, 0.15) is 11.9 Å². The third kappa shape index (κ3) is 9.39. The number of carbonyl (C=O) groups is 3. The number of thioether (sulfide) groups is 1. The van der Waals surface area contributed by atoms with E-state index in [2.05, 4.69) is 15.4 Å². The number of aromatic nitrogens is 3. The average molecular weight is 452 g/mol. The summed E-state index contributed by atoms with van der Waals surface area (Å²) in [6, 6.07) is 0. The van der Waals surface area contributed by atoms with Gasteiger partial charge in [-0.25, -0.2) is 14.6 Å². The molecule has 0 amide bonds. The molecule has 0 radical (unpaired) electrons. The van der Waals surface area contributed by atoms with Gasteiger partial charge in [0.2, 0.25) is 0 Å². The summed E-state index contributed by atoms with van der Waals surface area (Å²) in [5.41, 5.74) is 0.469. The van der Waals surface area contributed by atoms with Gasteiger partial charge < -0.3 is 15.2 Å². The third-order valence-electron chi connectivity index (χ3n) is 3.28. The van der Waals surface area contributed by atoms with E-state index in [-0.39, 0.29) is 10.4 Å². The first kappa shape index (κ1) is 25.6. The molecule has 2 rings (SSSR count).